The second-order valence-electron chi connectivity index (χ2n) is 26.5. The van der Waals surface area contributed by atoms with Crippen molar-refractivity contribution in [2.75, 3.05) is 9.80 Å². The number of anilines is 6. The van der Waals surface area contributed by atoms with Gasteiger partial charge in [0.1, 0.15) is 0 Å². The van der Waals surface area contributed by atoms with E-state index in [9.17, 15) is 0 Å². The Balaban J connectivity index is 0.885. The molecule has 98 heavy (non-hydrogen) atoms. The standard InChI is InChI=1S/C94H66N4/c1-59-41-45-69(63-25-11-5-12-26-63)53-83(59)95(84-54-70(46-42-60(84)2)64-27-13-6-14-28-64)73-49-51-81-79(57-73)75-37-23-39-77-89-88(68-35-21-10-22-36-68)94-90(87(67-33-19-9-20-34-67)93(89)97(81)91(75)77)78-40-24-38-76-80-58-74(50-52-82(80)98(94)92(76)78)96(85-55-71(47-43-61(85)3)65-29-15-7-16-30-65)86-56-72(48-44-62(86)4)66-31-17-8-18-32-66/h5-58H,1-4H3. The highest BCUT2D eigenvalue weighted by molar-refractivity contribution is 6.38. The second-order valence-corrected chi connectivity index (χ2v) is 26.5. The molecule has 0 spiro atoms. The summed E-state index contributed by atoms with van der Waals surface area (Å²) in [5.74, 6) is 0. The van der Waals surface area contributed by atoms with Crippen LogP contribution in [0.4, 0.5) is 34.1 Å². The Labute approximate surface area is 569 Å². The van der Waals surface area contributed by atoms with E-state index >= 15 is 0 Å². The summed E-state index contributed by atoms with van der Waals surface area (Å²) in [4.78, 5) is 5.03. The Morgan fingerprint density at radius 2 is 0.480 bits per heavy atom. The van der Waals surface area contributed by atoms with E-state index in [1.807, 2.05) is 0 Å². The quantitative estimate of drug-likeness (QED) is 0.121. The lowest BCUT2D eigenvalue weighted by molar-refractivity contribution is 1.23. The fraction of sp³-hybridized carbons (Fsp3) is 0.0426. The van der Waals surface area contributed by atoms with Crippen LogP contribution in [0.3, 0.4) is 0 Å². The average Bonchev–Trinajstić information content (AvgIpc) is 1.50. The molecule has 0 N–H and O–H groups in total. The molecule has 4 heterocycles. The molecule has 19 aromatic rings. The van der Waals surface area contributed by atoms with Crippen molar-refractivity contribution in [2.24, 2.45) is 0 Å². The van der Waals surface area contributed by atoms with Crippen molar-refractivity contribution >= 4 is 110 Å². The van der Waals surface area contributed by atoms with Gasteiger partial charge in [-0.1, -0.05) is 267 Å². The molecule has 0 radical (unpaired) electrons. The smallest absolute Gasteiger partial charge is 0.0634 e. The molecule has 0 bridgehead atoms. The van der Waals surface area contributed by atoms with Crippen LogP contribution in [-0.2, 0) is 0 Å². The van der Waals surface area contributed by atoms with Gasteiger partial charge in [-0.2, -0.15) is 0 Å². The first kappa shape index (κ1) is 57.0. The molecule has 4 nitrogen and oxygen atoms in total. The van der Waals surface area contributed by atoms with Crippen LogP contribution in [0, 0.1) is 27.7 Å². The van der Waals surface area contributed by atoms with Crippen molar-refractivity contribution in [2.45, 2.75) is 27.7 Å². The number of para-hydroxylation sites is 2. The van der Waals surface area contributed by atoms with E-state index in [2.05, 4.69) is 374 Å². The molecule has 4 heteroatoms. The number of hydrogen-bond acceptors (Lipinski definition) is 2. The van der Waals surface area contributed by atoms with E-state index < -0.39 is 0 Å². The molecule has 0 fully saturated rings. The highest BCUT2D eigenvalue weighted by atomic mass is 15.2. The summed E-state index contributed by atoms with van der Waals surface area (Å²) in [6, 6.07) is 122. The molecule has 0 aliphatic heterocycles. The fourth-order valence-corrected chi connectivity index (χ4v) is 16.2. The van der Waals surface area contributed by atoms with Gasteiger partial charge in [-0.15, -0.1) is 0 Å². The topological polar surface area (TPSA) is 15.3 Å². The largest absolute Gasteiger partial charge is 0.310 e. The first-order valence-corrected chi connectivity index (χ1v) is 34.1. The predicted octanol–water partition coefficient (Wildman–Crippen LogP) is 26.2. The maximum Gasteiger partial charge on any atom is 0.0634 e. The normalized spacial score (nSPS) is 11.9. The first-order valence-electron chi connectivity index (χ1n) is 34.1. The van der Waals surface area contributed by atoms with Crippen molar-refractivity contribution in [3.8, 4) is 66.8 Å². The summed E-state index contributed by atoms with van der Waals surface area (Å²) in [7, 11) is 0. The van der Waals surface area contributed by atoms with Crippen LogP contribution in [0.25, 0.3) is 143 Å². The van der Waals surface area contributed by atoms with Gasteiger partial charge in [-0.25, -0.2) is 0 Å². The SMILES string of the molecule is Cc1ccc(-c2ccccc2)cc1N(c1ccc2c(c1)c1cccc3c4c(-c5ccccc5)c5c(c(-c6ccccc6)c4n2c13)c1cccc2c3cc(N(c4cc(-c6ccccc6)ccc4C)c4cc(-c6ccccc6)ccc4C)ccc3n5c21)c1cc(-c2ccccc2)ccc1C. The summed E-state index contributed by atoms with van der Waals surface area (Å²) >= 11 is 0. The van der Waals surface area contributed by atoms with Crippen molar-refractivity contribution < 1.29 is 0 Å². The highest BCUT2D eigenvalue weighted by Crippen LogP contribution is 2.56. The van der Waals surface area contributed by atoms with E-state index in [1.165, 1.54) is 165 Å². The number of aromatic nitrogens is 2. The molecule has 0 saturated heterocycles. The maximum atomic E-state index is 2.64. The Kier molecular flexibility index (Phi) is 13.1. The number of nitrogens with zero attached hydrogens (tertiary/aromatic N) is 4. The number of benzene rings is 15. The third-order valence-electron chi connectivity index (χ3n) is 20.8. The Morgan fingerprint density at radius 3 is 0.776 bits per heavy atom. The minimum Gasteiger partial charge on any atom is -0.310 e. The van der Waals surface area contributed by atoms with Gasteiger partial charge in [-0.05, 0) is 166 Å². The van der Waals surface area contributed by atoms with E-state index in [0.29, 0.717) is 0 Å². The lowest BCUT2D eigenvalue weighted by Gasteiger charge is -2.30. The summed E-state index contributed by atoms with van der Waals surface area (Å²) in [6.45, 7) is 9.00. The van der Waals surface area contributed by atoms with Crippen LogP contribution in [0.1, 0.15) is 22.3 Å². The van der Waals surface area contributed by atoms with Gasteiger partial charge in [0.25, 0.3) is 0 Å². The van der Waals surface area contributed by atoms with Crippen LogP contribution in [0.15, 0.2) is 328 Å². The number of rotatable bonds is 12. The van der Waals surface area contributed by atoms with Gasteiger partial charge >= 0.3 is 0 Å². The van der Waals surface area contributed by atoms with Crippen LogP contribution >= 0.6 is 0 Å². The molecule has 0 saturated carbocycles. The minimum atomic E-state index is 1.10. The molecule has 4 aromatic heterocycles. The number of aryl methyl sites for hydroxylation is 4. The van der Waals surface area contributed by atoms with Gasteiger partial charge in [0.15, 0.2) is 0 Å². The van der Waals surface area contributed by atoms with Gasteiger partial charge < -0.3 is 18.6 Å². The monoisotopic (exact) mass is 1250 g/mol. The Bertz CT molecular complexity index is 5740. The first-order chi connectivity index (χ1) is 48.3. The molecule has 0 aliphatic carbocycles. The van der Waals surface area contributed by atoms with Crippen LogP contribution in [0.5, 0.6) is 0 Å². The van der Waals surface area contributed by atoms with Crippen molar-refractivity contribution in [1.29, 1.82) is 0 Å². The third-order valence-corrected chi connectivity index (χ3v) is 20.8. The number of hydrogen-bond donors (Lipinski definition) is 0. The molecule has 15 aromatic carbocycles. The van der Waals surface area contributed by atoms with Gasteiger partial charge in [0.2, 0.25) is 0 Å². The highest BCUT2D eigenvalue weighted by Gasteiger charge is 2.32. The zero-order chi connectivity index (χ0) is 65.3. The van der Waals surface area contributed by atoms with E-state index in [0.717, 1.165) is 34.1 Å². The minimum absolute atomic E-state index is 1.10. The number of fused-ring (bicyclic) bond motifs is 12. The molecule has 0 amide bonds. The fourth-order valence-electron chi connectivity index (χ4n) is 16.2. The summed E-state index contributed by atoms with van der Waals surface area (Å²) in [5, 5.41) is 9.80. The van der Waals surface area contributed by atoms with E-state index in [1.54, 1.807) is 0 Å². The van der Waals surface area contributed by atoms with Gasteiger partial charge in [-0.3, -0.25) is 0 Å². The lowest BCUT2D eigenvalue weighted by Crippen LogP contribution is -2.13. The van der Waals surface area contributed by atoms with Gasteiger partial charge in [0, 0.05) is 88.3 Å². The second kappa shape index (κ2) is 22.6. The van der Waals surface area contributed by atoms with Crippen LogP contribution in [-0.4, -0.2) is 8.80 Å². The molecule has 19 rings (SSSR count). The zero-order valence-corrected chi connectivity index (χ0v) is 55.0. The summed E-state index contributed by atoms with van der Waals surface area (Å²) in [5.41, 5.74) is 33.0. The Hall–Kier alpha value is -12.5. The van der Waals surface area contributed by atoms with Crippen molar-refractivity contribution in [3.63, 3.8) is 0 Å². The maximum absolute atomic E-state index is 2.64. The van der Waals surface area contributed by atoms with Crippen molar-refractivity contribution in [3.05, 3.63) is 350 Å². The van der Waals surface area contributed by atoms with Crippen molar-refractivity contribution in [1.82, 2.24) is 8.80 Å². The predicted molar refractivity (Wildman–Crippen MR) is 417 cm³/mol. The van der Waals surface area contributed by atoms with Gasteiger partial charge in [0.05, 0.1) is 33.1 Å². The average molecular weight is 1250 g/mol. The Morgan fingerprint density at radius 1 is 0.204 bits per heavy atom. The lowest BCUT2D eigenvalue weighted by atomic mass is 9.89. The van der Waals surface area contributed by atoms with Crippen LogP contribution in [0.2, 0.25) is 0 Å². The molecule has 0 atom stereocenters. The molecule has 0 unspecified atom stereocenters. The zero-order valence-electron chi connectivity index (χ0n) is 55.0. The summed E-state index contributed by atoms with van der Waals surface area (Å²) in [6.07, 6.45) is 0. The summed E-state index contributed by atoms with van der Waals surface area (Å²) < 4.78 is 5.27. The van der Waals surface area contributed by atoms with E-state index in [4.69, 9.17) is 0 Å². The third kappa shape index (κ3) is 8.84. The molecule has 462 valence electrons. The van der Waals surface area contributed by atoms with E-state index in [-0.39, 0.29) is 0 Å². The molecular weight excluding hydrogens is 1190 g/mol. The molecular formula is C94H66N4. The van der Waals surface area contributed by atoms with Crippen LogP contribution < -0.4 is 9.80 Å². The molecule has 0 aliphatic rings.